The van der Waals surface area contributed by atoms with Gasteiger partial charge in [0.25, 0.3) is 5.91 Å². The summed E-state index contributed by atoms with van der Waals surface area (Å²) in [6.07, 6.45) is 0.509. The lowest BCUT2D eigenvalue weighted by atomic mass is 10.0. The molecule has 0 bridgehead atoms. The van der Waals surface area contributed by atoms with Gasteiger partial charge >= 0.3 is 0 Å². The van der Waals surface area contributed by atoms with Crippen LogP contribution in [0.1, 0.15) is 24.2 Å². The van der Waals surface area contributed by atoms with Crippen LogP contribution in [0.15, 0.2) is 54.6 Å². The molecule has 2 unspecified atom stereocenters. The summed E-state index contributed by atoms with van der Waals surface area (Å²) in [6.45, 7) is 7.54. The molecule has 3 rings (SSSR count). The Hall–Kier alpha value is -2.17. The zero-order chi connectivity index (χ0) is 17.6. The standard InChI is InChI=1S/C21H26N2O2/c1-16-14-23(15-17(2)25-16)13-12-22-21(24)20-10-8-19(9-11-20)18-6-4-3-5-7-18/h3-11,16-17H,12-15H2,1-2H3,(H,22,24). The predicted octanol–water partition coefficient (Wildman–Crippen LogP) is 3.19. The van der Waals surface area contributed by atoms with Crippen molar-refractivity contribution >= 4 is 5.91 Å². The first kappa shape index (κ1) is 17.6. The van der Waals surface area contributed by atoms with Crippen LogP contribution in [0.3, 0.4) is 0 Å². The van der Waals surface area contributed by atoms with Gasteiger partial charge in [0.1, 0.15) is 0 Å². The van der Waals surface area contributed by atoms with E-state index in [1.807, 2.05) is 42.5 Å². The number of hydrogen-bond acceptors (Lipinski definition) is 3. The number of ether oxygens (including phenoxy) is 1. The second kappa shape index (κ2) is 8.28. The van der Waals surface area contributed by atoms with E-state index in [0.717, 1.165) is 30.8 Å². The Kier molecular flexibility index (Phi) is 5.84. The quantitative estimate of drug-likeness (QED) is 0.910. The zero-order valence-electron chi connectivity index (χ0n) is 14.9. The Bertz CT molecular complexity index is 675. The van der Waals surface area contributed by atoms with E-state index in [1.54, 1.807) is 0 Å². The molecule has 0 spiro atoms. The summed E-state index contributed by atoms with van der Waals surface area (Å²) in [7, 11) is 0. The van der Waals surface area contributed by atoms with Gasteiger partial charge in [-0.3, -0.25) is 9.69 Å². The van der Waals surface area contributed by atoms with Crippen molar-refractivity contribution in [2.24, 2.45) is 0 Å². The summed E-state index contributed by atoms with van der Waals surface area (Å²) >= 11 is 0. The van der Waals surface area contributed by atoms with Crippen LogP contribution in [0.25, 0.3) is 11.1 Å². The number of amides is 1. The van der Waals surface area contributed by atoms with E-state index in [0.29, 0.717) is 12.1 Å². The van der Waals surface area contributed by atoms with Gasteiger partial charge in [-0.25, -0.2) is 0 Å². The number of nitrogens with zero attached hydrogens (tertiary/aromatic N) is 1. The molecular formula is C21H26N2O2. The van der Waals surface area contributed by atoms with Crippen molar-refractivity contribution in [3.05, 3.63) is 60.2 Å². The minimum Gasteiger partial charge on any atom is -0.373 e. The van der Waals surface area contributed by atoms with Gasteiger partial charge < -0.3 is 10.1 Å². The number of rotatable bonds is 5. The number of carbonyl (C=O) groups excluding carboxylic acids is 1. The first-order valence-electron chi connectivity index (χ1n) is 8.93. The molecule has 0 aliphatic carbocycles. The molecule has 25 heavy (non-hydrogen) atoms. The highest BCUT2D eigenvalue weighted by atomic mass is 16.5. The highest BCUT2D eigenvalue weighted by Gasteiger charge is 2.21. The van der Waals surface area contributed by atoms with E-state index in [4.69, 9.17) is 4.74 Å². The maximum atomic E-state index is 12.3. The van der Waals surface area contributed by atoms with Crippen LogP contribution < -0.4 is 5.32 Å². The van der Waals surface area contributed by atoms with Crippen molar-refractivity contribution in [2.45, 2.75) is 26.1 Å². The molecule has 1 heterocycles. The molecule has 1 saturated heterocycles. The largest absolute Gasteiger partial charge is 0.373 e. The Labute approximate surface area is 149 Å². The number of carbonyl (C=O) groups is 1. The van der Waals surface area contributed by atoms with Gasteiger partial charge in [0.05, 0.1) is 12.2 Å². The number of nitrogens with one attached hydrogen (secondary N) is 1. The fraction of sp³-hybridized carbons (Fsp3) is 0.381. The molecule has 1 fully saturated rings. The van der Waals surface area contributed by atoms with Crippen LogP contribution in [0.5, 0.6) is 0 Å². The van der Waals surface area contributed by atoms with Crippen molar-refractivity contribution in [3.63, 3.8) is 0 Å². The van der Waals surface area contributed by atoms with Gasteiger partial charge in [0.2, 0.25) is 0 Å². The molecule has 0 saturated carbocycles. The summed E-state index contributed by atoms with van der Waals surface area (Å²) < 4.78 is 5.73. The van der Waals surface area contributed by atoms with Gasteiger partial charge in [-0.15, -0.1) is 0 Å². The van der Waals surface area contributed by atoms with Crippen LogP contribution in [-0.2, 0) is 4.74 Å². The second-order valence-electron chi connectivity index (χ2n) is 6.72. The van der Waals surface area contributed by atoms with E-state index in [1.165, 1.54) is 0 Å². The SMILES string of the molecule is CC1CN(CCNC(=O)c2ccc(-c3ccccc3)cc2)CC(C)O1. The molecule has 2 aromatic carbocycles. The molecule has 132 valence electrons. The molecule has 2 aromatic rings. The lowest BCUT2D eigenvalue weighted by Crippen LogP contribution is -2.47. The van der Waals surface area contributed by atoms with E-state index in [-0.39, 0.29) is 18.1 Å². The fourth-order valence-corrected chi connectivity index (χ4v) is 3.34. The van der Waals surface area contributed by atoms with Gasteiger partial charge in [0.15, 0.2) is 0 Å². The molecule has 1 N–H and O–H groups in total. The van der Waals surface area contributed by atoms with Gasteiger partial charge in [0, 0.05) is 31.7 Å². The maximum absolute atomic E-state index is 12.3. The highest BCUT2D eigenvalue weighted by molar-refractivity contribution is 5.94. The summed E-state index contributed by atoms with van der Waals surface area (Å²) in [4.78, 5) is 14.7. The number of hydrogen-bond donors (Lipinski definition) is 1. The van der Waals surface area contributed by atoms with Crippen LogP contribution >= 0.6 is 0 Å². The van der Waals surface area contributed by atoms with E-state index < -0.39 is 0 Å². The van der Waals surface area contributed by atoms with Crippen molar-refractivity contribution in [1.82, 2.24) is 10.2 Å². The zero-order valence-corrected chi connectivity index (χ0v) is 14.9. The molecule has 0 aromatic heterocycles. The fourth-order valence-electron chi connectivity index (χ4n) is 3.34. The van der Waals surface area contributed by atoms with Crippen LogP contribution in [0.2, 0.25) is 0 Å². The summed E-state index contributed by atoms with van der Waals surface area (Å²) in [5.41, 5.74) is 2.97. The third-order valence-electron chi connectivity index (χ3n) is 4.46. The van der Waals surface area contributed by atoms with Crippen LogP contribution in [0.4, 0.5) is 0 Å². The predicted molar refractivity (Wildman–Crippen MR) is 101 cm³/mol. The lowest BCUT2D eigenvalue weighted by Gasteiger charge is -2.35. The molecule has 1 amide bonds. The Morgan fingerprint density at radius 1 is 1.00 bits per heavy atom. The number of benzene rings is 2. The van der Waals surface area contributed by atoms with E-state index in [9.17, 15) is 4.79 Å². The van der Waals surface area contributed by atoms with E-state index >= 15 is 0 Å². The molecule has 1 aliphatic heterocycles. The smallest absolute Gasteiger partial charge is 0.251 e. The average molecular weight is 338 g/mol. The van der Waals surface area contributed by atoms with Gasteiger partial charge in [-0.1, -0.05) is 42.5 Å². The first-order chi connectivity index (χ1) is 12.1. The summed E-state index contributed by atoms with van der Waals surface area (Å²) in [5.74, 6) is -0.0195. The van der Waals surface area contributed by atoms with Crippen LogP contribution in [-0.4, -0.2) is 49.2 Å². The van der Waals surface area contributed by atoms with Crippen molar-refractivity contribution < 1.29 is 9.53 Å². The molecule has 1 aliphatic rings. The monoisotopic (exact) mass is 338 g/mol. The summed E-state index contributed by atoms with van der Waals surface area (Å²) in [6, 6.07) is 17.9. The van der Waals surface area contributed by atoms with Crippen molar-refractivity contribution in [3.8, 4) is 11.1 Å². The Morgan fingerprint density at radius 3 is 2.24 bits per heavy atom. The second-order valence-corrected chi connectivity index (χ2v) is 6.72. The topological polar surface area (TPSA) is 41.6 Å². The lowest BCUT2D eigenvalue weighted by molar-refractivity contribution is -0.0672. The molecule has 0 radical (unpaired) electrons. The Morgan fingerprint density at radius 2 is 1.60 bits per heavy atom. The molecule has 4 heteroatoms. The minimum absolute atomic E-state index is 0.0195. The minimum atomic E-state index is -0.0195. The molecule has 4 nitrogen and oxygen atoms in total. The number of morpholine rings is 1. The summed E-state index contributed by atoms with van der Waals surface area (Å²) in [5, 5.41) is 3.01. The van der Waals surface area contributed by atoms with Crippen molar-refractivity contribution in [2.75, 3.05) is 26.2 Å². The third-order valence-corrected chi connectivity index (χ3v) is 4.46. The first-order valence-corrected chi connectivity index (χ1v) is 8.93. The molecular weight excluding hydrogens is 312 g/mol. The molecule has 2 atom stereocenters. The van der Waals surface area contributed by atoms with Crippen LogP contribution in [0, 0.1) is 0 Å². The normalized spacial score (nSPS) is 21.0. The van der Waals surface area contributed by atoms with Gasteiger partial charge in [-0.05, 0) is 37.1 Å². The van der Waals surface area contributed by atoms with E-state index in [2.05, 4.69) is 36.2 Å². The Balaban J connectivity index is 1.50. The third kappa shape index (κ3) is 4.91. The van der Waals surface area contributed by atoms with Gasteiger partial charge in [-0.2, -0.15) is 0 Å². The highest BCUT2D eigenvalue weighted by Crippen LogP contribution is 2.19. The van der Waals surface area contributed by atoms with Crippen molar-refractivity contribution in [1.29, 1.82) is 0 Å². The average Bonchev–Trinajstić information content (AvgIpc) is 2.62. The maximum Gasteiger partial charge on any atom is 0.251 e.